The minimum absolute atomic E-state index is 0.0290. The standard InChI is InChI=1S/C19H8Cl3F3N4O4/c20-9-2-7(29-12(30)4-8-13(15(29)26)17(32)28-16(8)31)3-10(21)14(9)33-18-11(22)1-6(5-27-18)19(23,24)25/h1-5H,26H2,(H,28,31,32). The van der Waals surface area contributed by atoms with Gasteiger partial charge >= 0.3 is 6.18 Å². The van der Waals surface area contributed by atoms with Crippen LogP contribution in [0.3, 0.4) is 0 Å². The molecule has 2 aromatic heterocycles. The summed E-state index contributed by atoms with van der Waals surface area (Å²) < 4.78 is 44.7. The second-order valence-electron chi connectivity index (χ2n) is 6.62. The highest BCUT2D eigenvalue weighted by Gasteiger charge is 2.33. The zero-order valence-corrected chi connectivity index (χ0v) is 18.0. The third kappa shape index (κ3) is 3.99. The number of hydrogen-bond acceptors (Lipinski definition) is 6. The Kier molecular flexibility index (Phi) is 5.51. The molecular weight excluding hydrogens is 512 g/mol. The SMILES string of the molecule is Nc1c2c(cc(=O)n1-c1cc(Cl)c(Oc3ncc(C(F)(F)F)cc3Cl)c(Cl)c1)C(=O)NC2=O. The second-order valence-corrected chi connectivity index (χ2v) is 7.85. The molecule has 2 amide bonds. The van der Waals surface area contributed by atoms with Crippen LogP contribution in [0.5, 0.6) is 11.6 Å². The van der Waals surface area contributed by atoms with Crippen LogP contribution in [0.1, 0.15) is 26.3 Å². The number of benzene rings is 1. The van der Waals surface area contributed by atoms with Crippen LogP contribution < -0.4 is 21.3 Å². The number of carbonyl (C=O) groups excluding carboxylic acids is 2. The van der Waals surface area contributed by atoms with Crippen molar-refractivity contribution < 1.29 is 27.5 Å². The fourth-order valence-corrected chi connectivity index (χ4v) is 3.83. The summed E-state index contributed by atoms with van der Waals surface area (Å²) in [7, 11) is 0. The Morgan fingerprint density at radius 3 is 2.18 bits per heavy atom. The van der Waals surface area contributed by atoms with Gasteiger partial charge in [-0.15, -0.1) is 0 Å². The van der Waals surface area contributed by atoms with E-state index in [1.54, 1.807) is 0 Å². The van der Waals surface area contributed by atoms with E-state index in [0.29, 0.717) is 12.3 Å². The van der Waals surface area contributed by atoms with Crippen LogP contribution in [-0.2, 0) is 6.18 Å². The molecule has 3 heterocycles. The van der Waals surface area contributed by atoms with Crippen molar-refractivity contribution >= 4 is 52.4 Å². The van der Waals surface area contributed by atoms with E-state index in [1.807, 2.05) is 5.32 Å². The average Bonchev–Trinajstić information content (AvgIpc) is 2.98. The maximum absolute atomic E-state index is 12.8. The van der Waals surface area contributed by atoms with Crippen LogP contribution in [0.4, 0.5) is 19.0 Å². The maximum Gasteiger partial charge on any atom is 0.417 e. The first-order chi connectivity index (χ1) is 15.4. The van der Waals surface area contributed by atoms with Crippen molar-refractivity contribution in [3.63, 3.8) is 0 Å². The smallest absolute Gasteiger partial charge is 0.417 e. The largest absolute Gasteiger partial charge is 0.434 e. The molecule has 0 fully saturated rings. The number of alkyl halides is 3. The summed E-state index contributed by atoms with van der Waals surface area (Å²) in [5.74, 6) is -2.47. The van der Waals surface area contributed by atoms with Crippen LogP contribution in [0.2, 0.25) is 15.1 Å². The number of rotatable bonds is 3. The number of nitrogen functional groups attached to an aromatic ring is 1. The van der Waals surface area contributed by atoms with Crippen molar-refractivity contribution in [1.29, 1.82) is 0 Å². The number of imide groups is 1. The summed E-state index contributed by atoms with van der Waals surface area (Å²) in [6.07, 6.45) is -4.13. The molecule has 8 nitrogen and oxygen atoms in total. The van der Waals surface area contributed by atoms with Crippen LogP contribution in [0.15, 0.2) is 35.3 Å². The number of hydrogen-bond donors (Lipinski definition) is 2. The van der Waals surface area contributed by atoms with E-state index < -0.39 is 40.0 Å². The number of anilines is 1. The van der Waals surface area contributed by atoms with Gasteiger partial charge < -0.3 is 10.5 Å². The van der Waals surface area contributed by atoms with E-state index in [9.17, 15) is 27.6 Å². The lowest BCUT2D eigenvalue weighted by Crippen LogP contribution is -2.24. The number of amides is 2. The number of nitrogens with zero attached hydrogens (tertiary/aromatic N) is 2. The Bertz CT molecular complexity index is 1400. The van der Waals surface area contributed by atoms with Crippen LogP contribution >= 0.6 is 34.8 Å². The lowest BCUT2D eigenvalue weighted by atomic mass is 10.1. The van der Waals surface area contributed by atoms with Gasteiger partial charge in [-0.25, -0.2) is 4.98 Å². The van der Waals surface area contributed by atoms with Crippen LogP contribution in [0, 0.1) is 0 Å². The number of aromatic nitrogens is 2. The fraction of sp³-hybridized carbons (Fsp3) is 0.0526. The summed E-state index contributed by atoms with van der Waals surface area (Å²) in [5, 5.41) is 1.23. The van der Waals surface area contributed by atoms with Crippen molar-refractivity contribution in [3.8, 4) is 17.3 Å². The van der Waals surface area contributed by atoms with Gasteiger partial charge in [0, 0.05) is 12.3 Å². The van der Waals surface area contributed by atoms with Gasteiger partial charge in [0.2, 0.25) is 5.88 Å². The molecule has 0 radical (unpaired) electrons. The summed E-state index contributed by atoms with van der Waals surface area (Å²) >= 11 is 18.3. The van der Waals surface area contributed by atoms with Crippen molar-refractivity contribution in [2.24, 2.45) is 0 Å². The molecule has 14 heteroatoms. The molecule has 0 saturated carbocycles. The number of nitrogens with two attached hydrogens (primary N) is 1. The molecule has 0 bridgehead atoms. The molecule has 0 atom stereocenters. The molecule has 4 rings (SSSR count). The zero-order valence-electron chi connectivity index (χ0n) is 15.8. The van der Waals surface area contributed by atoms with E-state index in [2.05, 4.69) is 4.98 Å². The van der Waals surface area contributed by atoms with E-state index in [0.717, 1.165) is 10.6 Å². The summed E-state index contributed by atoms with van der Waals surface area (Å²) in [4.78, 5) is 39.9. The minimum Gasteiger partial charge on any atom is -0.434 e. The lowest BCUT2D eigenvalue weighted by molar-refractivity contribution is -0.137. The van der Waals surface area contributed by atoms with Gasteiger partial charge in [0.05, 0.1) is 32.4 Å². The highest BCUT2D eigenvalue weighted by Crippen LogP contribution is 2.41. The zero-order chi connectivity index (χ0) is 24.2. The molecule has 0 unspecified atom stereocenters. The molecule has 1 aliphatic heterocycles. The molecule has 33 heavy (non-hydrogen) atoms. The summed E-state index contributed by atoms with van der Waals surface area (Å²) in [6.45, 7) is 0. The monoisotopic (exact) mass is 518 g/mol. The Balaban J connectivity index is 1.76. The van der Waals surface area contributed by atoms with Crippen molar-refractivity contribution in [1.82, 2.24) is 14.9 Å². The number of halogens is 6. The maximum atomic E-state index is 12.8. The highest BCUT2D eigenvalue weighted by molar-refractivity contribution is 6.37. The Morgan fingerprint density at radius 1 is 0.970 bits per heavy atom. The predicted octanol–water partition coefficient (Wildman–Crippen LogP) is 4.47. The van der Waals surface area contributed by atoms with E-state index in [1.165, 1.54) is 12.1 Å². The molecule has 1 aromatic carbocycles. The first-order valence-corrected chi connectivity index (χ1v) is 9.83. The Labute approximate surface area is 196 Å². The lowest BCUT2D eigenvalue weighted by Gasteiger charge is -2.15. The summed E-state index contributed by atoms with van der Waals surface area (Å²) in [6, 6.07) is 3.97. The van der Waals surface area contributed by atoms with Crippen molar-refractivity contribution in [2.45, 2.75) is 6.18 Å². The highest BCUT2D eigenvalue weighted by atomic mass is 35.5. The van der Waals surface area contributed by atoms with Gasteiger partial charge in [-0.2, -0.15) is 13.2 Å². The molecular formula is C19H8Cl3F3N4O4. The average molecular weight is 520 g/mol. The number of ether oxygens (including phenoxy) is 1. The van der Waals surface area contributed by atoms with E-state index in [-0.39, 0.29) is 38.4 Å². The number of carbonyl (C=O) groups is 2. The van der Waals surface area contributed by atoms with E-state index >= 15 is 0 Å². The molecule has 0 spiro atoms. The quantitative estimate of drug-likeness (QED) is 0.493. The third-order valence-corrected chi connectivity index (χ3v) is 5.36. The summed E-state index contributed by atoms with van der Waals surface area (Å²) in [5.41, 5.74) is 3.81. The van der Waals surface area contributed by atoms with Gasteiger partial charge in [-0.1, -0.05) is 34.8 Å². The van der Waals surface area contributed by atoms with Crippen LogP contribution in [0.25, 0.3) is 5.69 Å². The van der Waals surface area contributed by atoms with Gasteiger partial charge in [0.25, 0.3) is 17.4 Å². The minimum atomic E-state index is -4.66. The van der Waals surface area contributed by atoms with Crippen molar-refractivity contribution in [3.05, 3.63) is 72.6 Å². The topological polar surface area (TPSA) is 116 Å². The fourth-order valence-electron chi connectivity index (χ4n) is 3.07. The van der Waals surface area contributed by atoms with Gasteiger partial charge in [0.1, 0.15) is 10.8 Å². The second kappa shape index (κ2) is 7.94. The molecule has 170 valence electrons. The molecule has 1 aliphatic rings. The predicted molar refractivity (Wildman–Crippen MR) is 113 cm³/mol. The number of fused-ring (bicyclic) bond motifs is 1. The Hall–Kier alpha value is -3.28. The first-order valence-electron chi connectivity index (χ1n) is 8.69. The third-order valence-electron chi connectivity index (χ3n) is 4.53. The molecule has 3 N–H and O–H groups in total. The van der Waals surface area contributed by atoms with Gasteiger partial charge in [-0.3, -0.25) is 24.3 Å². The molecule has 0 saturated heterocycles. The van der Waals surface area contributed by atoms with E-state index in [4.69, 9.17) is 45.3 Å². The number of nitrogens with one attached hydrogen (secondary N) is 1. The van der Waals surface area contributed by atoms with Crippen LogP contribution in [-0.4, -0.2) is 21.4 Å². The molecule has 0 aliphatic carbocycles. The number of pyridine rings is 2. The van der Waals surface area contributed by atoms with Crippen molar-refractivity contribution in [2.75, 3.05) is 5.73 Å². The van der Waals surface area contributed by atoms with Gasteiger partial charge in [0.15, 0.2) is 5.75 Å². The molecule has 3 aromatic rings. The Morgan fingerprint density at radius 2 is 1.61 bits per heavy atom. The first kappa shape index (κ1) is 22.9. The van der Waals surface area contributed by atoms with Gasteiger partial charge in [-0.05, 0) is 18.2 Å². The normalized spacial score (nSPS) is 13.2.